The third-order valence-electron chi connectivity index (χ3n) is 3.84. The highest BCUT2D eigenvalue weighted by Crippen LogP contribution is 2.66. The van der Waals surface area contributed by atoms with E-state index in [9.17, 15) is 43.2 Å². The van der Waals surface area contributed by atoms with Gasteiger partial charge in [-0.15, -0.1) is 0 Å². The number of aliphatic hydroxyl groups excluding tert-OH is 2. The van der Waals surface area contributed by atoms with Crippen molar-refractivity contribution in [2.45, 2.75) is 31.0 Å². The molecule has 0 aliphatic carbocycles. The second-order valence-corrected chi connectivity index (χ2v) is 10.8. The molecule has 19 nitrogen and oxygen atoms in total. The van der Waals surface area contributed by atoms with Crippen LogP contribution in [-0.2, 0) is 42.8 Å². The molecule has 188 valence electrons. The van der Waals surface area contributed by atoms with Crippen molar-refractivity contribution >= 4 is 29.4 Å². The molecule has 33 heavy (non-hydrogen) atoms. The fourth-order valence-electron chi connectivity index (χ4n) is 2.60. The zero-order valence-corrected chi connectivity index (χ0v) is 18.6. The van der Waals surface area contributed by atoms with Crippen molar-refractivity contribution in [3.63, 3.8) is 0 Å². The van der Waals surface area contributed by atoms with Crippen LogP contribution in [0.5, 0.6) is 0 Å². The van der Waals surface area contributed by atoms with Crippen molar-refractivity contribution in [3.8, 4) is 0 Å². The van der Waals surface area contributed by atoms with Crippen LogP contribution in [0.15, 0.2) is 15.8 Å². The van der Waals surface area contributed by atoms with Gasteiger partial charge in [0.2, 0.25) is 5.91 Å². The molecule has 1 aromatic heterocycles. The average molecular weight is 541 g/mol. The number of ether oxygens (including phenoxy) is 1. The number of rotatable bonds is 10. The van der Waals surface area contributed by atoms with Gasteiger partial charge < -0.3 is 40.3 Å². The molecule has 0 bridgehead atoms. The normalized spacial score (nSPS) is 27.1. The first-order chi connectivity index (χ1) is 14.9. The average Bonchev–Trinajstić information content (AvgIpc) is 2.87. The molecule has 22 heteroatoms. The van der Waals surface area contributed by atoms with Gasteiger partial charge in [-0.25, -0.2) is 18.5 Å². The van der Waals surface area contributed by atoms with Gasteiger partial charge in [0.1, 0.15) is 18.3 Å². The number of hydrogen-bond donors (Lipinski definition) is 8. The molecule has 1 amide bonds. The summed E-state index contributed by atoms with van der Waals surface area (Å²) >= 11 is 0. The van der Waals surface area contributed by atoms with Gasteiger partial charge in [-0.05, 0) is 0 Å². The van der Waals surface area contributed by atoms with Gasteiger partial charge in [-0.2, -0.15) is 8.62 Å². The summed E-state index contributed by atoms with van der Waals surface area (Å²) in [6.45, 7) is -1.12. The van der Waals surface area contributed by atoms with Crippen LogP contribution >= 0.6 is 23.5 Å². The van der Waals surface area contributed by atoms with Crippen molar-refractivity contribution < 1.29 is 66.2 Å². The number of carbonyl (C=O) groups is 1. The van der Waals surface area contributed by atoms with Crippen LogP contribution in [0.2, 0.25) is 0 Å². The molecule has 1 fully saturated rings. The van der Waals surface area contributed by atoms with Gasteiger partial charge in [0, 0.05) is 11.8 Å². The van der Waals surface area contributed by atoms with Gasteiger partial charge in [0.25, 0.3) is 5.56 Å². The van der Waals surface area contributed by atoms with E-state index in [-0.39, 0.29) is 5.56 Å². The summed E-state index contributed by atoms with van der Waals surface area (Å²) in [6.07, 6.45) is -6.91. The maximum atomic E-state index is 12.1. The maximum absolute atomic E-state index is 12.1. The van der Waals surface area contributed by atoms with Crippen LogP contribution in [0.25, 0.3) is 0 Å². The molecule has 4 unspecified atom stereocenters. The summed E-state index contributed by atoms with van der Waals surface area (Å²) in [4.78, 5) is 72.2. The Morgan fingerprint density at radius 2 is 1.70 bits per heavy atom. The lowest BCUT2D eigenvalue weighted by Crippen LogP contribution is -2.39. The second-order valence-electron chi connectivity index (χ2n) is 6.40. The Balaban J connectivity index is 2.15. The number of nitrogens with one attached hydrogen (secondary N) is 1. The smallest absolute Gasteiger partial charge is 0.387 e. The lowest BCUT2D eigenvalue weighted by Gasteiger charge is -2.19. The van der Waals surface area contributed by atoms with Crippen molar-refractivity contribution in [3.05, 3.63) is 32.6 Å². The Morgan fingerprint density at radius 3 is 2.24 bits per heavy atom. The highest BCUT2D eigenvalue weighted by Gasteiger charge is 2.46. The van der Waals surface area contributed by atoms with Crippen LogP contribution in [0.3, 0.4) is 0 Å². The van der Waals surface area contributed by atoms with Crippen LogP contribution in [0.4, 0.5) is 0 Å². The first-order valence-corrected chi connectivity index (χ1v) is 12.9. The molecular weight excluding hydrogens is 523 g/mol. The lowest BCUT2D eigenvalue weighted by molar-refractivity contribution is -0.117. The summed E-state index contributed by atoms with van der Waals surface area (Å²) in [6, 6.07) is 0. The quantitative estimate of drug-likeness (QED) is 0.133. The van der Waals surface area contributed by atoms with Gasteiger partial charge in [0.05, 0.1) is 13.0 Å². The predicted molar refractivity (Wildman–Crippen MR) is 100.0 cm³/mol. The van der Waals surface area contributed by atoms with E-state index in [2.05, 4.69) is 13.1 Å². The molecular formula is C11H18N3O16P3. The van der Waals surface area contributed by atoms with Gasteiger partial charge in [-0.3, -0.25) is 23.7 Å². The van der Waals surface area contributed by atoms with Gasteiger partial charge in [-0.1, -0.05) is 0 Å². The summed E-state index contributed by atoms with van der Waals surface area (Å²) in [5, 5.41) is 20.2. The van der Waals surface area contributed by atoms with Gasteiger partial charge in [0.15, 0.2) is 6.23 Å². The number of H-pyrrole nitrogens is 1. The van der Waals surface area contributed by atoms with E-state index in [0.717, 1.165) is 6.20 Å². The standard InChI is InChI=1S/C11H18N3O16P3/c12-6(15)1-4-2-14(11(19)13-9(4)18)10-8(17)7(16)5(28-10)3-27-32(23,24)30-33(25,26)29-31(20,21)22/h2,5,7-8,10,16-17H,1,3H2,(H2,12,15)(H,23,24)(H,25,26)(H,13,18,19)(H2,20,21,22)/t5-,7?,8?,10-/m1/s1. The molecule has 1 aromatic rings. The molecule has 1 saturated heterocycles. The molecule has 0 radical (unpaired) electrons. The van der Waals surface area contributed by atoms with Crippen molar-refractivity contribution in [1.82, 2.24) is 9.55 Å². The largest absolute Gasteiger partial charge is 0.490 e. The molecule has 0 aromatic carbocycles. The predicted octanol–water partition coefficient (Wildman–Crippen LogP) is -3.47. The zero-order chi connectivity index (χ0) is 25.4. The number of phosphoric acid groups is 3. The van der Waals surface area contributed by atoms with E-state index in [0.29, 0.717) is 4.57 Å². The van der Waals surface area contributed by atoms with E-state index in [1.54, 1.807) is 0 Å². The topological polar surface area (TPSA) is 307 Å². The number of carbonyl (C=O) groups excluding carboxylic acids is 1. The minimum Gasteiger partial charge on any atom is -0.387 e. The number of aliphatic hydroxyl groups is 2. The molecule has 2 heterocycles. The Morgan fingerprint density at radius 1 is 1.09 bits per heavy atom. The zero-order valence-electron chi connectivity index (χ0n) is 15.9. The SMILES string of the molecule is NC(=O)Cc1cn([C@@H]2O[C@H](COP(=O)(O)OP(=O)(O)OP(=O)(O)O)C(O)C2O)c(=O)[nH]c1=O. The Hall–Kier alpha value is -1.56. The summed E-state index contributed by atoms with van der Waals surface area (Å²) in [5.74, 6) is -0.924. The third-order valence-corrected chi connectivity index (χ3v) is 7.64. The summed E-state index contributed by atoms with van der Waals surface area (Å²) in [5.41, 5.74) is 2.63. The number of nitrogens with zero attached hydrogens (tertiary/aromatic N) is 1. The summed E-state index contributed by atoms with van der Waals surface area (Å²) in [7, 11) is -16.9. The number of amides is 1. The fraction of sp³-hybridized carbons (Fsp3) is 0.545. The maximum Gasteiger partial charge on any atom is 0.490 e. The minimum absolute atomic E-state index is 0.288. The summed E-state index contributed by atoms with van der Waals surface area (Å²) < 4.78 is 50.8. The number of aromatic amines is 1. The van der Waals surface area contributed by atoms with E-state index < -0.39 is 78.2 Å². The van der Waals surface area contributed by atoms with Crippen LogP contribution in [-0.4, -0.2) is 70.2 Å². The van der Waals surface area contributed by atoms with Crippen molar-refractivity contribution in [2.24, 2.45) is 5.73 Å². The minimum atomic E-state index is -5.78. The van der Waals surface area contributed by atoms with E-state index in [1.165, 1.54) is 0 Å². The Kier molecular flexibility index (Phi) is 8.36. The number of primary amides is 1. The van der Waals surface area contributed by atoms with E-state index >= 15 is 0 Å². The second kappa shape index (κ2) is 9.97. The molecule has 1 aliphatic rings. The monoisotopic (exact) mass is 541 g/mol. The molecule has 6 atom stereocenters. The number of aromatic nitrogens is 2. The van der Waals surface area contributed by atoms with Gasteiger partial charge >= 0.3 is 29.2 Å². The van der Waals surface area contributed by atoms with Crippen LogP contribution in [0.1, 0.15) is 11.8 Å². The first kappa shape index (κ1) is 27.7. The first-order valence-electron chi connectivity index (χ1n) is 8.33. The fourth-order valence-corrected chi connectivity index (χ4v) is 5.63. The highest BCUT2D eigenvalue weighted by molar-refractivity contribution is 7.66. The van der Waals surface area contributed by atoms with Crippen LogP contribution < -0.4 is 17.0 Å². The van der Waals surface area contributed by atoms with E-state index in [4.69, 9.17) is 25.2 Å². The third kappa shape index (κ3) is 7.73. The van der Waals surface area contributed by atoms with Crippen molar-refractivity contribution in [2.75, 3.05) is 6.61 Å². The molecule has 2 rings (SSSR count). The number of phosphoric ester groups is 1. The molecule has 1 aliphatic heterocycles. The number of hydrogen-bond acceptors (Lipinski definition) is 12. The molecule has 9 N–H and O–H groups in total. The van der Waals surface area contributed by atoms with Crippen molar-refractivity contribution in [1.29, 1.82) is 0 Å². The highest BCUT2D eigenvalue weighted by atomic mass is 31.3. The van der Waals surface area contributed by atoms with E-state index in [1.807, 2.05) is 4.98 Å². The Bertz CT molecular complexity index is 1160. The molecule has 0 spiro atoms. The Labute approximate surface area is 181 Å². The van der Waals surface area contributed by atoms with Crippen LogP contribution in [0, 0.1) is 0 Å². The molecule has 0 saturated carbocycles. The lowest BCUT2D eigenvalue weighted by atomic mass is 10.1. The number of nitrogens with two attached hydrogens (primary N) is 1.